The zero-order valence-corrected chi connectivity index (χ0v) is 11.3. The molecule has 0 aliphatic heterocycles. The summed E-state index contributed by atoms with van der Waals surface area (Å²) in [7, 11) is 0. The third kappa shape index (κ3) is 4.37. The lowest BCUT2D eigenvalue weighted by molar-refractivity contribution is -0.123. The molecule has 1 aromatic rings. The molecule has 0 heterocycles. The molecule has 18 heavy (non-hydrogen) atoms. The smallest absolute Gasteiger partial charge is 0.258 e. The van der Waals surface area contributed by atoms with E-state index in [0.717, 1.165) is 12.0 Å². The molecule has 0 saturated heterocycles. The summed E-state index contributed by atoms with van der Waals surface area (Å²) in [6, 6.07) is 7.63. The van der Waals surface area contributed by atoms with Gasteiger partial charge in [0.05, 0.1) is 0 Å². The highest BCUT2D eigenvalue weighted by Gasteiger charge is 2.11. The van der Waals surface area contributed by atoms with Crippen LogP contribution in [-0.2, 0) is 4.79 Å². The number of benzene rings is 1. The first-order valence-corrected chi connectivity index (χ1v) is 6.31. The zero-order chi connectivity index (χ0) is 13.5. The molecule has 0 saturated carbocycles. The highest BCUT2D eigenvalue weighted by molar-refractivity contribution is 5.77. The van der Waals surface area contributed by atoms with E-state index in [2.05, 4.69) is 5.32 Å². The van der Waals surface area contributed by atoms with Crippen LogP contribution < -0.4 is 15.8 Å². The van der Waals surface area contributed by atoms with Crippen molar-refractivity contribution in [3.05, 3.63) is 29.8 Å². The molecule has 0 aromatic heterocycles. The molecule has 1 aromatic carbocycles. The summed E-state index contributed by atoms with van der Waals surface area (Å²) in [5.41, 5.74) is 6.94. The molecule has 0 aliphatic rings. The highest BCUT2D eigenvalue weighted by atomic mass is 16.5. The Bertz CT molecular complexity index is 391. The Balaban J connectivity index is 2.64. The van der Waals surface area contributed by atoms with Crippen molar-refractivity contribution >= 4 is 5.91 Å². The maximum Gasteiger partial charge on any atom is 0.258 e. The second kappa shape index (κ2) is 7.01. The van der Waals surface area contributed by atoms with E-state index in [9.17, 15) is 4.79 Å². The van der Waals surface area contributed by atoms with Crippen LogP contribution >= 0.6 is 0 Å². The van der Waals surface area contributed by atoms with Crippen LogP contribution in [-0.4, -0.2) is 18.6 Å². The second-order valence-electron chi connectivity index (χ2n) is 4.56. The quantitative estimate of drug-likeness (QED) is 0.811. The van der Waals surface area contributed by atoms with Gasteiger partial charge in [-0.05, 0) is 26.3 Å². The summed E-state index contributed by atoms with van der Waals surface area (Å²) in [5.74, 6) is 0.565. The molecule has 4 nitrogen and oxygen atoms in total. The summed E-state index contributed by atoms with van der Waals surface area (Å²) in [5, 5.41) is 2.78. The Hall–Kier alpha value is -1.55. The van der Waals surface area contributed by atoms with Crippen LogP contribution in [0.5, 0.6) is 5.75 Å². The summed E-state index contributed by atoms with van der Waals surface area (Å²) < 4.78 is 5.53. The highest BCUT2D eigenvalue weighted by Crippen LogP contribution is 2.25. The van der Waals surface area contributed by atoms with Gasteiger partial charge in [0, 0.05) is 17.6 Å². The first-order chi connectivity index (χ1) is 8.54. The van der Waals surface area contributed by atoms with Crippen LogP contribution in [0.15, 0.2) is 24.3 Å². The van der Waals surface area contributed by atoms with Crippen molar-refractivity contribution in [2.75, 3.05) is 6.61 Å². The molecule has 0 radical (unpaired) electrons. The predicted octanol–water partition coefficient (Wildman–Crippen LogP) is 2.00. The van der Waals surface area contributed by atoms with E-state index in [-0.39, 0.29) is 24.6 Å². The third-order valence-electron chi connectivity index (χ3n) is 2.57. The molecule has 1 atom stereocenters. The molecule has 0 fully saturated rings. The maximum absolute atomic E-state index is 11.5. The van der Waals surface area contributed by atoms with Crippen molar-refractivity contribution in [2.45, 2.75) is 39.3 Å². The van der Waals surface area contributed by atoms with E-state index < -0.39 is 0 Å². The van der Waals surface area contributed by atoms with E-state index in [4.69, 9.17) is 10.5 Å². The summed E-state index contributed by atoms with van der Waals surface area (Å²) >= 11 is 0. The normalized spacial score (nSPS) is 12.3. The Morgan fingerprint density at radius 2 is 2.06 bits per heavy atom. The lowest BCUT2D eigenvalue weighted by Gasteiger charge is -2.16. The largest absolute Gasteiger partial charge is 0.483 e. The molecular formula is C14H22N2O2. The number of nitrogens with one attached hydrogen (secondary N) is 1. The van der Waals surface area contributed by atoms with Gasteiger partial charge < -0.3 is 15.8 Å². The fraction of sp³-hybridized carbons (Fsp3) is 0.500. The lowest BCUT2D eigenvalue weighted by Crippen LogP contribution is -2.34. The number of amides is 1. The number of carbonyl (C=O) groups is 1. The Morgan fingerprint density at radius 1 is 1.39 bits per heavy atom. The standard InChI is InChI=1S/C14H22N2O2/c1-4-12(15)11-7-5-6-8-13(11)18-9-14(17)16-10(2)3/h5-8,10,12H,4,9,15H2,1-3H3,(H,16,17)/t12-/m0/s1. The van der Waals surface area contributed by atoms with Gasteiger partial charge in [-0.15, -0.1) is 0 Å². The van der Waals surface area contributed by atoms with Gasteiger partial charge in [-0.1, -0.05) is 25.1 Å². The minimum absolute atomic E-state index is 0.0195. The van der Waals surface area contributed by atoms with Crippen LogP contribution in [0.1, 0.15) is 38.8 Å². The number of para-hydroxylation sites is 1. The Morgan fingerprint density at radius 3 is 2.67 bits per heavy atom. The number of hydrogen-bond donors (Lipinski definition) is 2. The summed E-state index contributed by atoms with van der Waals surface area (Å²) in [4.78, 5) is 11.5. The van der Waals surface area contributed by atoms with E-state index in [1.54, 1.807) is 0 Å². The molecular weight excluding hydrogens is 228 g/mol. The van der Waals surface area contributed by atoms with Crippen LogP contribution in [0.4, 0.5) is 0 Å². The van der Waals surface area contributed by atoms with Crippen LogP contribution in [0.25, 0.3) is 0 Å². The number of nitrogens with two attached hydrogens (primary N) is 1. The molecule has 1 amide bonds. The number of ether oxygens (including phenoxy) is 1. The minimum atomic E-state index is -0.120. The monoisotopic (exact) mass is 250 g/mol. The summed E-state index contributed by atoms with van der Waals surface area (Å²) in [6.45, 7) is 5.87. The van der Waals surface area contributed by atoms with Crippen molar-refractivity contribution < 1.29 is 9.53 Å². The lowest BCUT2D eigenvalue weighted by atomic mass is 10.0. The van der Waals surface area contributed by atoms with Gasteiger partial charge in [-0.25, -0.2) is 0 Å². The first-order valence-electron chi connectivity index (χ1n) is 6.31. The van der Waals surface area contributed by atoms with Crippen molar-refractivity contribution in [3.8, 4) is 5.75 Å². The molecule has 0 aliphatic carbocycles. The molecule has 0 unspecified atom stereocenters. The van der Waals surface area contributed by atoms with Gasteiger partial charge in [-0.3, -0.25) is 4.79 Å². The van der Waals surface area contributed by atoms with Crippen molar-refractivity contribution in [1.29, 1.82) is 0 Å². The zero-order valence-electron chi connectivity index (χ0n) is 11.3. The predicted molar refractivity (Wildman–Crippen MR) is 72.4 cm³/mol. The van der Waals surface area contributed by atoms with Gasteiger partial charge in [0.2, 0.25) is 0 Å². The van der Waals surface area contributed by atoms with Gasteiger partial charge in [0.15, 0.2) is 6.61 Å². The molecule has 4 heteroatoms. The number of carbonyl (C=O) groups excluding carboxylic acids is 1. The summed E-state index contributed by atoms with van der Waals surface area (Å²) in [6.07, 6.45) is 0.832. The van der Waals surface area contributed by atoms with Crippen molar-refractivity contribution in [2.24, 2.45) is 5.73 Å². The van der Waals surface area contributed by atoms with Crippen molar-refractivity contribution in [1.82, 2.24) is 5.32 Å². The topological polar surface area (TPSA) is 64.3 Å². The minimum Gasteiger partial charge on any atom is -0.483 e. The molecule has 0 bridgehead atoms. The second-order valence-corrected chi connectivity index (χ2v) is 4.56. The van der Waals surface area contributed by atoms with Gasteiger partial charge in [-0.2, -0.15) is 0 Å². The number of hydrogen-bond acceptors (Lipinski definition) is 3. The van der Waals surface area contributed by atoms with Gasteiger partial charge in [0.25, 0.3) is 5.91 Å². The fourth-order valence-corrected chi connectivity index (χ4v) is 1.65. The van der Waals surface area contributed by atoms with Crippen LogP contribution in [0, 0.1) is 0 Å². The fourth-order valence-electron chi connectivity index (χ4n) is 1.65. The Kier molecular flexibility index (Phi) is 5.65. The number of rotatable bonds is 6. The molecule has 100 valence electrons. The maximum atomic E-state index is 11.5. The molecule has 1 rings (SSSR count). The third-order valence-corrected chi connectivity index (χ3v) is 2.57. The van der Waals surface area contributed by atoms with E-state index >= 15 is 0 Å². The van der Waals surface area contributed by atoms with E-state index in [0.29, 0.717) is 5.75 Å². The molecule has 3 N–H and O–H groups in total. The Labute approximate surface area is 109 Å². The van der Waals surface area contributed by atoms with E-state index in [1.807, 2.05) is 45.0 Å². The first kappa shape index (κ1) is 14.5. The van der Waals surface area contributed by atoms with E-state index in [1.165, 1.54) is 0 Å². The van der Waals surface area contributed by atoms with Gasteiger partial charge in [0.1, 0.15) is 5.75 Å². The van der Waals surface area contributed by atoms with Crippen molar-refractivity contribution in [3.63, 3.8) is 0 Å². The van der Waals surface area contributed by atoms with Crippen LogP contribution in [0.3, 0.4) is 0 Å². The molecule has 0 spiro atoms. The van der Waals surface area contributed by atoms with Crippen LogP contribution in [0.2, 0.25) is 0 Å². The SMILES string of the molecule is CC[C@H](N)c1ccccc1OCC(=O)NC(C)C. The average molecular weight is 250 g/mol. The average Bonchev–Trinajstić information content (AvgIpc) is 2.35. The van der Waals surface area contributed by atoms with Gasteiger partial charge >= 0.3 is 0 Å².